The van der Waals surface area contributed by atoms with Gasteiger partial charge in [0, 0.05) is 19.5 Å². The quantitative estimate of drug-likeness (QED) is 0.715. The van der Waals surface area contributed by atoms with E-state index >= 15 is 0 Å². The molecule has 1 amide bonds. The van der Waals surface area contributed by atoms with Crippen molar-refractivity contribution in [3.05, 3.63) is 35.4 Å². The Hall–Kier alpha value is -1.35. The Kier molecular flexibility index (Phi) is 2.21. The van der Waals surface area contributed by atoms with Gasteiger partial charge < -0.3 is 0 Å². The van der Waals surface area contributed by atoms with Gasteiger partial charge in [0.05, 0.1) is 6.04 Å². The zero-order valence-corrected chi connectivity index (χ0v) is 9.52. The number of hydrazine groups is 1. The van der Waals surface area contributed by atoms with Crippen molar-refractivity contribution < 1.29 is 4.79 Å². The minimum absolute atomic E-state index is 0.274. The summed E-state index contributed by atoms with van der Waals surface area (Å²) in [6.07, 6.45) is 1.75. The van der Waals surface area contributed by atoms with E-state index in [0.717, 1.165) is 19.5 Å². The van der Waals surface area contributed by atoms with Gasteiger partial charge in [0.25, 0.3) is 0 Å². The first-order valence-corrected chi connectivity index (χ1v) is 5.89. The van der Waals surface area contributed by atoms with Crippen molar-refractivity contribution in [1.82, 2.24) is 10.0 Å². The molecule has 0 unspecified atom stereocenters. The molecule has 2 aliphatic heterocycles. The predicted molar refractivity (Wildman–Crippen MR) is 61.6 cm³/mol. The van der Waals surface area contributed by atoms with Crippen LogP contribution in [0.5, 0.6) is 0 Å². The van der Waals surface area contributed by atoms with Gasteiger partial charge in [0.15, 0.2) is 0 Å². The fourth-order valence-electron chi connectivity index (χ4n) is 2.68. The lowest BCUT2D eigenvalue weighted by Gasteiger charge is -2.24. The molecule has 0 spiro atoms. The van der Waals surface area contributed by atoms with E-state index in [1.54, 1.807) is 0 Å². The summed E-state index contributed by atoms with van der Waals surface area (Å²) in [6, 6.07) is 8.82. The molecular weight excluding hydrogens is 200 g/mol. The van der Waals surface area contributed by atoms with Gasteiger partial charge in [-0.15, -0.1) is 0 Å². The van der Waals surface area contributed by atoms with Crippen LogP contribution in [0, 0.1) is 6.92 Å². The van der Waals surface area contributed by atoms with E-state index in [9.17, 15) is 4.79 Å². The summed E-state index contributed by atoms with van der Waals surface area (Å²) in [6.45, 7) is 4.01. The van der Waals surface area contributed by atoms with Gasteiger partial charge >= 0.3 is 0 Å². The molecule has 2 fully saturated rings. The van der Waals surface area contributed by atoms with Gasteiger partial charge in [0.2, 0.25) is 5.91 Å². The van der Waals surface area contributed by atoms with Crippen molar-refractivity contribution in [3.63, 3.8) is 0 Å². The Morgan fingerprint density at radius 1 is 1.19 bits per heavy atom. The van der Waals surface area contributed by atoms with Crippen LogP contribution in [0.2, 0.25) is 0 Å². The minimum atomic E-state index is 0.274. The number of carbonyl (C=O) groups is 1. The Morgan fingerprint density at radius 3 is 2.69 bits per heavy atom. The van der Waals surface area contributed by atoms with Crippen LogP contribution in [-0.2, 0) is 4.79 Å². The molecule has 16 heavy (non-hydrogen) atoms. The molecular formula is C13H16N2O. The van der Waals surface area contributed by atoms with Gasteiger partial charge in [-0.25, -0.2) is 5.01 Å². The molecule has 84 valence electrons. The van der Waals surface area contributed by atoms with E-state index in [1.165, 1.54) is 11.1 Å². The molecule has 1 aromatic carbocycles. The second kappa shape index (κ2) is 3.59. The fraction of sp³-hybridized carbons (Fsp3) is 0.462. The first kappa shape index (κ1) is 9.85. The molecule has 0 saturated carbocycles. The first-order valence-electron chi connectivity index (χ1n) is 5.89. The van der Waals surface area contributed by atoms with Gasteiger partial charge in [-0.2, -0.15) is 0 Å². The highest BCUT2D eigenvalue weighted by Crippen LogP contribution is 2.35. The molecule has 3 nitrogen and oxygen atoms in total. The number of rotatable bonds is 1. The number of benzene rings is 1. The summed E-state index contributed by atoms with van der Waals surface area (Å²) in [5.41, 5.74) is 2.54. The van der Waals surface area contributed by atoms with E-state index in [0.29, 0.717) is 6.42 Å². The number of hydrogen-bond acceptors (Lipinski definition) is 2. The molecule has 3 rings (SSSR count). The molecule has 1 aromatic rings. The molecule has 2 heterocycles. The highest BCUT2D eigenvalue weighted by Gasteiger charge is 2.40. The molecule has 0 radical (unpaired) electrons. The second-order valence-electron chi connectivity index (χ2n) is 4.66. The third kappa shape index (κ3) is 1.43. The summed E-state index contributed by atoms with van der Waals surface area (Å²) < 4.78 is 0. The van der Waals surface area contributed by atoms with Crippen LogP contribution in [0.3, 0.4) is 0 Å². The Morgan fingerprint density at radius 2 is 1.94 bits per heavy atom. The molecule has 2 aliphatic rings. The maximum absolute atomic E-state index is 11.8. The lowest BCUT2D eigenvalue weighted by molar-refractivity contribution is -0.134. The minimum Gasteiger partial charge on any atom is -0.275 e. The number of nitrogens with zero attached hydrogens (tertiary/aromatic N) is 2. The average molecular weight is 216 g/mol. The number of fused-ring (bicyclic) bond motifs is 1. The first-order chi connectivity index (χ1) is 7.75. The van der Waals surface area contributed by atoms with Crippen LogP contribution in [0.4, 0.5) is 0 Å². The van der Waals surface area contributed by atoms with Crippen molar-refractivity contribution in [2.45, 2.75) is 25.8 Å². The van der Waals surface area contributed by atoms with Crippen molar-refractivity contribution in [3.8, 4) is 0 Å². The molecule has 0 aliphatic carbocycles. The van der Waals surface area contributed by atoms with Crippen molar-refractivity contribution >= 4 is 5.91 Å². The number of carbonyl (C=O) groups excluding carboxylic acids is 1. The molecule has 1 atom stereocenters. The van der Waals surface area contributed by atoms with Crippen LogP contribution < -0.4 is 0 Å². The van der Waals surface area contributed by atoms with E-state index in [2.05, 4.69) is 36.2 Å². The summed E-state index contributed by atoms with van der Waals surface area (Å²) in [5.74, 6) is 0.281. The topological polar surface area (TPSA) is 23.6 Å². The van der Waals surface area contributed by atoms with Crippen LogP contribution >= 0.6 is 0 Å². The van der Waals surface area contributed by atoms with Gasteiger partial charge in [-0.1, -0.05) is 29.8 Å². The molecule has 0 bridgehead atoms. The maximum atomic E-state index is 11.8. The zero-order chi connectivity index (χ0) is 11.1. The predicted octanol–water partition coefficient (Wildman–Crippen LogP) is 1.89. The molecule has 0 aromatic heterocycles. The van der Waals surface area contributed by atoms with E-state index in [4.69, 9.17) is 0 Å². The lowest BCUT2D eigenvalue weighted by atomic mass is 10.0. The van der Waals surface area contributed by atoms with E-state index in [1.807, 2.05) is 5.01 Å². The third-order valence-electron chi connectivity index (χ3n) is 3.54. The lowest BCUT2D eigenvalue weighted by Crippen LogP contribution is -2.33. The summed E-state index contributed by atoms with van der Waals surface area (Å²) in [7, 11) is 0. The SMILES string of the molecule is Cc1ccc([C@@H]2CC(=O)N3CCCN23)cc1. The largest absolute Gasteiger partial charge is 0.275 e. The normalized spacial score (nSPS) is 25.2. The van der Waals surface area contributed by atoms with Crippen molar-refractivity contribution in [2.24, 2.45) is 0 Å². The molecule has 3 heteroatoms. The van der Waals surface area contributed by atoms with Gasteiger partial charge in [-0.05, 0) is 18.9 Å². The molecule has 0 N–H and O–H groups in total. The van der Waals surface area contributed by atoms with Crippen LogP contribution in [0.15, 0.2) is 24.3 Å². The number of aryl methyl sites for hydroxylation is 1. The monoisotopic (exact) mass is 216 g/mol. The average Bonchev–Trinajstić information content (AvgIpc) is 2.84. The molecule has 2 saturated heterocycles. The van der Waals surface area contributed by atoms with Crippen molar-refractivity contribution in [1.29, 1.82) is 0 Å². The fourth-order valence-corrected chi connectivity index (χ4v) is 2.68. The van der Waals surface area contributed by atoms with Crippen molar-refractivity contribution in [2.75, 3.05) is 13.1 Å². The standard InChI is InChI=1S/C13H16N2O/c1-10-3-5-11(6-4-10)12-9-13(16)15-8-2-7-14(12)15/h3-6,12H,2,7-9H2,1H3/t12-/m0/s1. The Labute approximate surface area is 95.6 Å². The van der Waals surface area contributed by atoms with Gasteiger partial charge in [-0.3, -0.25) is 9.80 Å². The Bertz CT molecular complexity index is 412. The van der Waals surface area contributed by atoms with Gasteiger partial charge in [0.1, 0.15) is 0 Å². The number of hydrogen-bond donors (Lipinski definition) is 0. The van der Waals surface area contributed by atoms with Crippen LogP contribution in [0.1, 0.15) is 30.0 Å². The smallest absolute Gasteiger partial charge is 0.238 e. The second-order valence-corrected chi connectivity index (χ2v) is 4.66. The summed E-state index contributed by atoms with van der Waals surface area (Å²) in [5, 5.41) is 4.15. The van der Waals surface area contributed by atoms with Crippen LogP contribution in [0.25, 0.3) is 0 Å². The van der Waals surface area contributed by atoms with E-state index in [-0.39, 0.29) is 11.9 Å². The van der Waals surface area contributed by atoms with E-state index < -0.39 is 0 Å². The maximum Gasteiger partial charge on any atom is 0.238 e. The highest BCUT2D eigenvalue weighted by atomic mass is 16.2. The number of amides is 1. The zero-order valence-electron chi connectivity index (χ0n) is 9.52. The summed E-state index contributed by atoms with van der Waals surface area (Å²) >= 11 is 0. The van der Waals surface area contributed by atoms with Crippen LogP contribution in [-0.4, -0.2) is 29.0 Å². The summed E-state index contributed by atoms with van der Waals surface area (Å²) in [4.78, 5) is 11.8. The Balaban J connectivity index is 1.90. The third-order valence-corrected chi connectivity index (χ3v) is 3.54. The highest BCUT2D eigenvalue weighted by molar-refractivity contribution is 5.79.